The highest BCUT2D eigenvalue weighted by Gasteiger charge is 2.76. The summed E-state index contributed by atoms with van der Waals surface area (Å²) in [6.45, 7) is 11.8. The molecule has 0 saturated carbocycles. The Hall–Kier alpha value is -2.70. The molecule has 7 atom stereocenters. The van der Waals surface area contributed by atoms with Gasteiger partial charge in [-0.15, -0.1) is 30.0 Å². The SMILES string of the molecule is C=CCCOC(=O)[C@H]1[C@@H]2SC3(CC2Br)C(C(=O)N(CC=C)Cn2nnc4ccccc42)N([C@@H](CO)CC(C)C)C(=O)[C@H]13. The summed E-state index contributed by atoms with van der Waals surface area (Å²) in [5.74, 6) is -2.21. The molecule has 1 aromatic carbocycles. The topological polar surface area (TPSA) is 118 Å². The number of rotatable bonds is 13. The molecule has 4 heterocycles. The third-order valence-electron chi connectivity index (χ3n) is 8.53. The highest BCUT2D eigenvalue weighted by molar-refractivity contribution is 9.09. The number of ether oxygens (including phenoxy) is 1. The van der Waals surface area contributed by atoms with Gasteiger partial charge in [0.25, 0.3) is 0 Å². The number of esters is 1. The molecule has 5 rings (SSSR count). The Morgan fingerprint density at radius 1 is 1.31 bits per heavy atom. The van der Waals surface area contributed by atoms with E-state index in [1.807, 2.05) is 38.1 Å². The zero-order chi connectivity index (χ0) is 30.2. The summed E-state index contributed by atoms with van der Waals surface area (Å²) in [5, 5.41) is 18.9. The average molecular weight is 661 g/mol. The lowest BCUT2D eigenvalue weighted by molar-refractivity contribution is -0.154. The molecule has 1 spiro atoms. The summed E-state index contributed by atoms with van der Waals surface area (Å²) in [5.41, 5.74) is 1.49. The van der Waals surface area contributed by atoms with Crippen LogP contribution in [0.2, 0.25) is 0 Å². The van der Waals surface area contributed by atoms with Gasteiger partial charge in [0, 0.05) is 16.6 Å². The number of aliphatic hydroxyl groups excluding tert-OH is 1. The third-order valence-corrected chi connectivity index (χ3v) is 11.8. The van der Waals surface area contributed by atoms with E-state index in [0.717, 1.165) is 5.52 Å². The van der Waals surface area contributed by atoms with Crippen molar-refractivity contribution in [1.82, 2.24) is 24.8 Å². The van der Waals surface area contributed by atoms with Crippen LogP contribution in [0, 0.1) is 17.8 Å². The van der Waals surface area contributed by atoms with Crippen molar-refractivity contribution in [3.63, 3.8) is 0 Å². The Kier molecular flexibility index (Phi) is 9.15. The fourth-order valence-electron chi connectivity index (χ4n) is 6.90. The van der Waals surface area contributed by atoms with Crippen LogP contribution in [0.3, 0.4) is 0 Å². The molecule has 3 fully saturated rings. The van der Waals surface area contributed by atoms with Gasteiger partial charge >= 0.3 is 5.97 Å². The maximum Gasteiger partial charge on any atom is 0.310 e. The van der Waals surface area contributed by atoms with Crippen molar-refractivity contribution in [3.05, 3.63) is 49.6 Å². The Bertz CT molecular complexity index is 1370. The second-order valence-corrected chi connectivity index (χ2v) is 14.4. The molecule has 2 aromatic rings. The number of alkyl halides is 1. The molecule has 42 heavy (non-hydrogen) atoms. The zero-order valence-electron chi connectivity index (χ0n) is 24.0. The minimum absolute atomic E-state index is 0.0801. The number of hydrogen-bond acceptors (Lipinski definition) is 8. The Morgan fingerprint density at radius 2 is 2.07 bits per heavy atom. The number of para-hydroxylation sites is 1. The first kappa shape index (κ1) is 30.7. The molecule has 2 amide bonds. The van der Waals surface area contributed by atoms with Crippen LogP contribution < -0.4 is 0 Å². The normalized spacial score (nSPS) is 28.7. The van der Waals surface area contributed by atoms with Crippen molar-refractivity contribution in [2.24, 2.45) is 17.8 Å². The van der Waals surface area contributed by atoms with Gasteiger partial charge in [0.15, 0.2) is 0 Å². The minimum Gasteiger partial charge on any atom is -0.465 e. The number of halogens is 1. The van der Waals surface area contributed by atoms with Crippen LogP contribution in [0.4, 0.5) is 0 Å². The maximum absolute atomic E-state index is 14.8. The highest BCUT2D eigenvalue weighted by Crippen LogP contribution is 2.68. The fourth-order valence-corrected chi connectivity index (χ4v) is 10.5. The molecular weight excluding hydrogens is 622 g/mol. The second kappa shape index (κ2) is 12.5. The van der Waals surface area contributed by atoms with Crippen LogP contribution in [0.5, 0.6) is 0 Å². The van der Waals surface area contributed by atoms with E-state index in [9.17, 15) is 19.5 Å². The van der Waals surface area contributed by atoms with Crippen molar-refractivity contribution in [2.75, 3.05) is 19.8 Å². The quantitative estimate of drug-likeness (QED) is 0.151. The number of hydrogen-bond donors (Lipinski definition) is 1. The molecule has 1 N–H and O–H groups in total. The first-order valence-electron chi connectivity index (χ1n) is 14.4. The monoisotopic (exact) mass is 659 g/mol. The molecular formula is C30H38BrN5O5S. The predicted molar refractivity (Wildman–Crippen MR) is 165 cm³/mol. The molecule has 1 aromatic heterocycles. The molecule has 10 nitrogen and oxygen atoms in total. The number of aliphatic hydroxyl groups is 1. The van der Waals surface area contributed by atoms with Gasteiger partial charge in [-0.1, -0.05) is 59.3 Å². The summed E-state index contributed by atoms with van der Waals surface area (Å²) in [6.07, 6.45) is 4.90. The molecule has 12 heteroatoms. The Balaban J connectivity index is 1.56. The van der Waals surface area contributed by atoms with Crippen LogP contribution in [-0.4, -0.2) is 94.4 Å². The highest BCUT2D eigenvalue weighted by atomic mass is 79.9. The first-order valence-corrected chi connectivity index (χ1v) is 16.2. The smallest absolute Gasteiger partial charge is 0.310 e. The number of thioether (sulfide) groups is 1. The fraction of sp³-hybridized carbons (Fsp3) is 0.567. The molecule has 0 radical (unpaired) electrons. The van der Waals surface area contributed by atoms with Crippen molar-refractivity contribution in [1.29, 1.82) is 0 Å². The summed E-state index contributed by atoms with van der Waals surface area (Å²) >= 11 is 5.33. The molecule has 3 unspecified atom stereocenters. The van der Waals surface area contributed by atoms with Gasteiger partial charge in [-0.2, -0.15) is 0 Å². The van der Waals surface area contributed by atoms with Gasteiger partial charge in [0.05, 0.1) is 41.4 Å². The predicted octanol–water partition coefficient (Wildman–Crippen LogP) is 3.39. The number of likely N-dealkylation sites (tertiary alicyclic amines) is 1. The van der Waals surface area contributed by atoms with Crippen LogP contribution in [0.25, 0.3) is 11.0 Å². The summed E-state index contributed by atoms with van der Waals surface area (Å²) < 4.78 is 6.41. The number of amides is 2. The van der Waals surface area contributed by atoms with E-state index in [1.165, 1.54) is 0 Å². The number of nitrogens with zero attached hydrogens (tertiary/aromatic N) is 5. The molecule has 2 bridgehead atoms. The van der Waals surface area contributed by atoms with Crippen molar-refractivity contribution in [3.8, 4) is 0 Å². The molecule has 3 aliphatic rings. The summed E-state index contributed by atoms with van der Waals surface area (Å²) in [6, 6.07) is 6.05. The molecule has 3 aliphatic heterocycles. The van der Waals surface area contributed by atoms with E-state index in [4.69, 9.17) is 4.74 Å². The molecule has 226 valence electrons. The van der Waals surface area contributed by atoms with Gasteiger partial charge in [-0.05, 0) is 37.3 Å². The molecule has 0 aliphatic carbocycles. The summed E-state index contributed by atoms with van der Waals surface area (Å²) in [4.78, 5) is 45.8. The Labute approximate surface area is 258 Å². The second-order valence-electron chi connectivity index (χ2n) is 11.7. The third kappa shape index (κ3) is 5.19. The van der Waals surface area contributed by atoms with E-state index in [2.05, 4.69) is 39.4 Å². The van der Waals surface area contributed by atoms with E-state index >= 15 is 0 Å². The zero-order valence-corrected chi connectivity index (χ0v) is 26.4. The van der Waals surface area contributed by atoms with Gasteiger partial charge in [-0.3, -0.25) is 14.4 Å². The van der Waals surface area contributed by atoms with E-state index in [-0.39, 0.29) is 54.2 Å². The number of carbonyl (C=O) groups is 3. The van der Waals surface area contributed by atoms with Gasteiger partial charge in [0.2, 0.25) is 11.8 Å². The summed E-state index contributed by atoms with van der Waals surface area (Å²) in [7, 11) is 0. The van der Waals surface area contributed by atoms with Gasteiger partial charge < -0.3 is 19.6 Å². The average Bonchev–Trinajstić information content (AvgIpc) is 3.68. The van der Waals surface area contributed by atoms with E-state index in [1.54, 1.807) is 38.4 Å². The minimum atomic E-state index is -0.887. The largest absolute Gasteiger partial charge is 0.465 e. The lowest BCUT2D eigenvalue weighted by atomic mass is 9.71. The Morgan fingerprint density at radius 3 is 2.76 bits per heavy atom. The number of aromatic nitrogens is 3. The van der Waals surface area contributed by atoms with E-state index < -0.39 is 34.6 Å². The lowest BCUT2D eigenvalue weighted by Crippen LogP contribution is -2.58. The van der Waals surface area contributed by atoms with Crippen molar-refractivity contribution in [2.45, 2.75) is 66.7 Å². The first-order chi connectivity index (χ1) is 20.2. The van der Waals surface area contributed by atoms with Crippen LogP contribution in [-0.2, 0) is 25.8 Å². The number of benzene rings is 1. The van der Waals surface area contributed by atoms with Crippen LogP contribution >= 0.6 is 27.7 Å². The molecule has 3 saturated heterocycles. The van der Waals surface area contributed by atoms with Crippen molar-refractivity contribution >= 4 is 56.5 Å². The van der Waals surface area contributed by atoms with E-state index in [0.29, 0.717) is 24.8 Å². The van der Waals surface area contributed by atoms with Gasteiger partial charge in [0.1, 0.15) is 18.2 Å². The van der Waals surface area contributed by atoms with Crippen LogP contribution in [0.15, 0.2) is 49.6 Å². The lowest BCUT2D eigenvalue weighted by Gasteiger charge is -2.40. The maximum atomic E-state index is 14.8. The number of carbonyl (C=O) groups excluding carboxylic acids is 3. The van der Waals surface area contributed by atoms with Crippen molar-refractivity contribution < 1.29 is 24.2 Å². The number of fused-ring (bicyclic) bond motifs is 2. The van der Waals surface area contributed by atoms with Crippen LogP contribution in [0.1, 0.15) is 33.1 Å². The standard InChI is InChI=1S/C30H38BrN5O5S/c1-5-7-13-41-29(40)23-24-27(38)36(19(16-37)14-18(3)4)26(30(24)15-20(31)25(23)42-30)28(39)34(12-6-2)17-35-22-11-9-8-10-21(22)32-33-35/h5-6,8-11,18-20,23-26,37H,1-2,7,12-17H2,3-4H3/t19-,20?,23-,24+,25-,26?,30?/m1/s1. The van der Waals surface area contributed by atoms with Gasteiger partial charge in [-0.25, -0.2) is 4.68 Å².